The summed E-state index contributed by atoms with van der Waals surface area (Å²) >= 11 is 0. The van der Waals surface area contributed by atoms with Crippen molar-refractivity contribution in [1.29, 1.82) is 0 Å². The van der Waals surface area contributed by atoms with Crippen LogP contribution in [-0.2, 0) is 6.42 Å². The van der Waals surface area contributed by atoms with E-state index < -0.39 is 0 Å². The first kappa shape index (κ1) is 15.5. The molecule has 0 aliphatic carbocycles. The second-order valence-corrected chi connectivity index (χ2v) is 4.99. The van der Waals surface area contributed by atoms with Crippen LogP contribution < -0.4 is 16.0 Å². The molecule has 0 aliphatic rings. The minimum absolute atomic E-state index is 0.231. The fraction of sp³-hybridized carbons (Fsp3) is 0.294. The molecule has 21 heavy (non-hydrogen) atoms. The molecule has 3 N–H and O–H groups in total. The lowest BCUT2D eigenvalue weighted by molar-refractivity contribution is 0.385. The fourth-order valence-electron chi connectivity index (χ4n) is 2.46. The highest BCUT2D eigenvalue weighted by Crippen LogP contribution is 2.26. The summed E-state index contributed by atoms with van der Waals surface area (Å²) in [6, 6.07) is 12.8. The molecule has 4 heteroatoms. The lowest BCUT2D eigenvalue weighted by atomic mass is 9.96. The Hall–Kier alpha value is -1.91. The van der Waals surface area contributed by atoms with Crippen LogP contribution in [-0.4, -0.2) is 7.11 Å². The van der Waals surface area contributed by atoms with Gasteiger partial charge < -0.3 is 4.74 Å². The highest BCUT2D eigenvalue weighted by Gasteiger charge is 2.15. The van der Waals surface area contributed by atoms with Crippen LogP contribution in [0, 0.1) is 5.82 Å². The quantitative estimate of drug-likeness (QED) is 0.633. The van der Waals surface area contributed by atoms with Gasteiger partial charge >= 0.3 is 0 Å². The summed E-state index contributed by atoms with van der Waals surface area (Å²) in [6.45, 7) is 2.14. The van der Waals surface area contributed by atoms with Crippen molar-refractivity contribution in [3.05, 3.63) is 65.0 Å². The largest absolute Gasteiger partial charge is 0.494 e. The Kier molecular flexibility index (Phi) is 5.31. The number of halogens is 1. The molecule has 2 aromatic rings. The molecule has 1 unspecified atom stereocenters. The normalized spacial score (nSPS) is 12.2. The second kappa shape index (κ2) is 7.20. The van der Waals surface area contributed by atoms with E-state index in [0.29, 0.717) is 0 Å². The van der Waals surface area contributed by atoms with Gasteiger partial charge in [0.15, 0.2) is 11.6 Å². The fourth-order valence-corrected chi connectivity index (χ4v) is 2.46. The van der Waals surface area contributed by atoms with Crippen LogP contribution in [0.3, 0.4) is 0 Å². The maximum atomic E-state index is 13.9. The van der Waals surface area contributed by atoms with Crippen LogP contribution in [0.4, 0.5) is 4.39 Å². The first-order valence-corrected chi connectivity index (χ1v) is 7.08. The Morgan fingerprint density at radius 1 is 1.19 bits per heavy atom. The third-order valence-corrected chi connectivity index (χ3v) is 3.50. The van der Waals surface area contributed by atoms with Gasteiger partial charge in [0.2, 0.25) is 0 Å². The van der Waals surface area contributed by atoms with Gasteiger partial charge in [-0.2, -0.15) is 0 Å². The van der Waals surface area contributed by atoms with Gasteiger partial charge in [-0.05, 0) is 35.2 Å². The molecule has 0 spiro atoms. The van der Waals surface area contributed by atoms with Crippen LogP contribution >= 0.6 is 0 Å². The van der Waals surface area contributed by atoms with E-state index in [0.717, 1.165) is 24.0 Å². The Morgan fingerprint density at radius 3 is 2.57 bits per heavy atom. The molecule has 0 heterocycles. The van der Waals surface area contributed by atoms with E-state index in [1.807, 2.05) is 18.2 Å². The number of hydrogen-bond acceptors (Lipinski definition) is 3. The van der Waals surface area contributed by atoms with Crippen LogP contribution in [0.5, 0.6) is 5.75 Å². The molecule has 0 amide bonds. The second-order valence-electron chi connectivity index (χ2n) is 4.99. The summed E-state index contributed by atoms with van der Waals surface area (Å²) in [7, 11) is 1.45. The summed E-state index contributed by atoms with van der Waals surface area (Å²) in [5.41, 5.74) is 5.80. The lowest BCUT2D eigenvalue weighted by Crippen LogP contribution is -2.29. The van der Waals surface area contributed by atoms with Crippen molar-refractivity contribution in [3.8, 4) is 5.75 Å². The minimum atomic E-state index is -0.389. The van der Waals surface area contributed by atoms with Crippen molar-refractivity contribution < 1.29 is 9.13 Å². The topological polar surface area (TPSA) is 47.3 Å². The molecule has 3 nitrogen and oxygen atoms in total. The summed E-state index contributed by atoms with van der Waals surface area (Å²) in [5, 5.41) is 0. The molecule has 0 bridgehead atoms. The van der Waals surface area contributed by atoms with E-state index >= 15 is 0 Å². The molecule has 1 atom stereocenters. The van der Waals surface area contributed by atoms with Crippen LogP contribution in [0.2, 0.25) is 0 Å². The van der Waals surface area contributed by atoms with Crippen molar-refractivity contribution in [2.45, 2.75) is 25.8 Å². The molecule has 0 saturated carbocycles. The molecule has 2 aromatic carbocycles. The number of benzene rings is 2. The number of aryl methyl sites for hydroxylation is 1. The maximum absolute atomic E-state index is 13.9. The SMILES string of the molecule is CCCc1cccc(C(NN)c2ccc(OC)c(F)c2)c1. The Balaban J connectivity index is 2.34. The van der Waals surface area contributed by atoms with Crippen LogP contribution in [0.25, 0.3) is 0 Å². The predicted octanol–water partition coefficient (Wildman–Crippen LogP) is 3.34. The average Bonchev–Trinajstić information content (AvgIpc) is 2.49. The number of nitrogens with two attached hydrogens (primary N) is 1. The first-order chi connectivity index (χ1) is 10.2. The van der Waals surface area contributed by atoms with Gasteiger partial charge in [-0.15, -0.1) is 0 Å². The standard InChI is InChI=1S/C17H21FN2O/c1-3-5-12-6-4-7-13(10-12)17(20-19)14-8-9-16(21-2)15(18)11-14/h4,6-11,17,20H,3,5,19H2,1-2H3. The summed E-state index contributed by atoms with van der Waals surface area (Å²) in [5.74, 6) is 5.52. The Labute approximate surface area is 124 Å². The van der Waals surface area contributed by atoms with E-state index in [1.165, 1.54) is 18.7 Å². The molecule has 0 aliphatic heterocycles. The van der Waals surface area contributed by atoms with Crippen molar-refractivity contribution >= 4 is 0 Å². The molecule has 112 valence electrons. The third kappa shape index (κ3) is 3.60. The molecule has 0 radical (unpaired) electrons. The van der Waals surface area contributed by atoms with E-state index in [2.05, 4.69) is 24.5 Å². The zero-order valence-electron chi connectivity index (χ0n) is 12.4. The number of methoxy groups -OCH3 is 1. The van der Waals surface area contributed by atoms with E-state index in [-0.39, 0.29) is 17.6 Å². The number of rotatable bonds is 6. The van der Waals surface area contributed by atoms with Gasteiger partial charge in [0.1, 0.15) is 0 Å². The highest BCUT2D eigenvalue weighted by molar-refractivity contribution is 5.37. The molecular weight excluding hydrogens is 267 g/mol. The van der Waals surface area contributed by atoms with Crippen molar-refractivity contribution in [2.24, 2.45) is 5.84 Å². The average molecular weight is 288 g/mol. The van der Waals surface area contributed by atoms with Crippen molar-refractivity contribution in [1.82, 2.24) is 5.43 Å². The van der Waals surface area contributed by atoms with Crippen LogP contribution in [0.1, 0.15) is 36.1 Å². The van der Waals surface area contributed by atoms with Crippen molar-refractivity contribution in [2.75, 3.05) is 7.11 Å². The number of ether oxygens (including phenoxy) is 1. The summed E-state index contributed by atoms with van der Waals surface area (Å²) in [6.07, 6.45) is 2.10. The monoisotopic (exact) mass is 288 g/mol. The molecule has 0 fully saturated rings. The molecular formula is C17H21FN2O. The van der Waals surface area contributed by atoms with Gasteiger partial charge in [0, 0.05) is 0 Å². The Morgan fingerprint density at radius 2 is 1.95 bits per heavy atom. The highest BCUT2D eigenvalue weighted by atomic mass is 19.1. The van der Waals surface area contributed by atoms with Gasteiger partial charge in [0.05, 0.1) is 13.2 Å². The van der Waals surface area contributed by atoms with Gasteiger partial charge in [-0.3, -0.25) is 5.84 Å². The van der Waals surface area contributed by atoms with Crippen LogP contribution in [0.15, 0.2) is 42.5 Å². The predicted molar refractivity (Wildman–Crippen MR) is 82.6 cm³/mol. The third-order valence-electron chi connectivity index (χ3n) is 3.50. The number of hydrazine groups is 1. The van der Waals surface area contributed by atoms with Gasteiger partial charge in [0.25, 0.3) is 0 Å². The summed E-state index contributed by atoms with van der Waals surface area (Å²) in [4.78, 5) is 0. The minimum Gasteiger partial charge on any atom is -0.494 e. The van der Waals surface area contributed by atoms with E-state index in [4.69, 9.17) is 10.6 Å². The first-order valence-electron chi connectivity index (χ1n) is 7.08. The zero-order chi connectivity index (χ0) is 15.2. The number of nitrogens with one attached hydrogen (secondary N) is 1. The lowest BCUT2D eigenvalue weighted by Gasteiger charge is -2.18. The Bertz CT molecular complexity index is 601. The number of hydrogen-bond donors (Lipinski definition) is 2. The zero-order valence-corrected chi connectivity index (χ0v) is 12.4. The maximum Gasteiger partial charge on any atom is 0.165 e. The van der Waals surface area contributed by atoms with E-state index in [1.54, 1.807) is 6.07 Å². The van der Waals surface area contributed by atoms with Gasteiger partial charge in [-0.25, -0.2) is 9.82 Å². The van der Waals surface area contributed by atoms with E-state index in [9.17, 15) is 4.39 Å². The van der Waals surface area contributed by atoms with Gasteiger partial charge in [-0.1, -0.05) is 43.7 Å². The summed E-state index contributed by atoms with van der Waals surface area (Å²) < 4.78 is 18.8. The molecule has 2 rings (SSSR count). The smallest absolute Gasteiger partial charge is 0.165 e. The molecule has 0 aromatic heterocycles. The molecule has 0 saturated heterocycles. The van der Waals surface area contributed by atoms with Crippen molar-refractivity contribution in [3.63, 3.8) is 0 Å².